The molecule has 1 fully saturated rings. The third-order valence-corrected chi connectivity index (χ3v) is 3.43. The number of piperazine rings is 1. The second kappa shape index (κ2) is 6.02. The zero-order chi connectivity index (χ0) is 13.8. The van der Waals surface area contributed by atoms with E-state index >= 15 is 0 Å². The van der Waals surface area contributed by atoms with Crippen molar-refractivity contribution in [2.45, 2.75) is 6.42 Å². The van der Waals surface area contributed by atoms with Gasteiger partial charge in [-0.2, -0.15) is 0 Å². The average molecular weight is 266 g/mol. The molecule has 1 amide bonds. The molecule has 1 aromatic carbocycles. The van der Waals surface area contributed by atoms with Crippen LogP contribution in [0.15, 0.2) is 18.2 Å². The number of methoxy groups -OCH3 is 1. The Bertz CT molecular complexity index is 457. The zero-order valence-electron chi connectivity index (χ0n) is 11.4. The summed E-state index contributed by atoms with van der Waals surface area (Å²) < 4.78 is 18.4. The highest BCUT2D eigenvalue weighted by atomic mass is 19.1. The molecule has 5 heteroatoms. The Kier molecular flexibility index (Phi) is 4.37. The lowest BCUT2D eigenvalue weighted by Gasteiger charge is -2.32. The van der Waals surface area contributed by atoms with Gasteiger partial charge >= 0.3 is 0 Å². The van der Waals surface area contributed by atoms with Gasteiger partial charge in [0, 0.05) is 26.2 Å². The standard InChI is InChI=1S/C14H19FN2O2/c1-16-5-7-17(8-6-16)14(18)10-11-3-4-13(19-2)12(15)9-11/h3-4,9H,5-8,10H2,1-2H3. The molecule has 1 aromatic rings. The zero-order valence-corrected chi connectivity index (χ0v) is 11.4. The van der Waals surface area contributed by atoms with Crippen molar-refractivity contribution in [1.29, 1.82) is 0 Å². The molecule has 1 aliphatic heterocycles. The molecule has 0 saturated carbocycles. The number of amides is 1. The summed E-state index contributed by atoms with van der Waals surface area (Å²) in [6.07, 6.45) is 0.241. The van der Waals surface area contributed by atoms with Gasteiger partial charge in [0.15, 0.2) is 11.6 Å². The van der Waals surface area contributed by atoms with Crippen molar-refractivity contribution in [3.05, 3.63) is 29.6 Å². The van der Waals surface area contributed by atoms with Crippen molar-refractivity contribution in [1.82, 2.24) is 9.80 Å². The topological polar surface area (TPSA) is 32.8 Å². The van der Waals surface area contributed by atoms with Crippen molar-refractivity contribution in [2.24, 2.45) is 0 Å². The van der Waals surface area contributed by atoms with Gasteiger partial charge in [-0.3, -0.25) is 4.79 Å². The lowest BCUT2D eigenvalue weighted by atomic mass is 10.1. The van der Waals surface area contributed by atoms with Crippen LogP contribution in [0.25, 0.3) is 0 Å². The molecule has 1 heterocycles. The smallest absolute Gasteiger partial charge is 0.227 e. The van der Waals surface area contributed by atoms with Gasteiger partial charge in [-0.25, -0.2) is 4.39 Å². The Morgan fingerprint density at radius 1 is 1.32 bits per heavy atom. The molecule has 0 unspecified atom stereocenters. The number of nitrogens with zero attached hydrogens (tertiary/aromatic N) is 2. The first-order valence-corrected chi connectivity index (χ1v) is 6.39. The molecule has 0 atom stereocenters. The molecule has 0 aliphatic carbocycles. The average Bonchev–Trinajstić information content (AvgIpc) is 2.39. The molecule has 2 rings (SSSR count). The van der Waals surface area contributed by atoms with Crippen LogP contribution >= 0.6 is 0 Å². The third-order valence-electron chi connectivity index (χ3n) is 3.43. The van der Waals surface area contributed by atoms with Gasteiger partial charge in [0.25, 0.3) is 0 Å². The number of carbonyl (C=O) groups is 1. The van der Waals surface area contributed by atoms with Gasteiger partial charge in [-0.15, -0.1) is 0 Å². The molecule has 1 aliphatic rings. The molecule has 4 nitrogen and oxygen atoms in total. The predicted molar refractivity (Wildman–Crippen MR) is 70.7 cm³/mol. The highest BCUT2D eigenvalue weighted by molar-refractivity contribution is 5.79. The number of rotatable bonds is 3. The maximum Gasteiger partial charge on any atom is 0.227 e. The number of likely N-dealkylation sites (N-methyl/N-ethyl adjacent to an activating group) is 1. The van der Waals surface area contributed by atoms with E-state index in [1.807, 2.05) is 11.9 Å². The van der Waals surface area contributed by atoms with E-state index < -0.39 is 5.82 Å². The summed E-state index contributed by atoms with van der Waals surface area (Å²) in [7, 11) is 3.47. The lowest BCUT2D eigenvalue weighted by Crippen LogP contribution is -2.47. The van der Waals surface area contributed by atoms with Crippen LogP contribution in [0.2, 0.25) is 0 Å². The Hall–Kier alpha value is -1.62. The van der Waals surface area contributed by atoms with Gasteiger partial charge in [0.2, 0.25) is 5.91 Å². The number of hydrogen-bond donors (Lipinski definition) is 0. The van der Waals surface area contributed by atoms with E-state index in [1.54, 1.807) is 12.1 Å². The van der Waals surface area contributed by atoms with Crippen LogP contribution in [0.5, 0.6) is 5.75 Å². The van der Waals surface area contributed by atoms with E-state index in [9.17, 15) is 9.18 Å². The number of ether oxygens (including phenoxy) is 1. The lowest BCUT2D eigenvalue weighted by molar-refractivity contribution is -0.132. The normalized spacial score (nSPS) is 16.5. The maximum absolute atomic E-state index is 13.5. The predicted octanol–water partition coefficient (Wildman–Crippen LogP) is 1.15. The highest BCUT2D eigenvalue weighted by Crippen LogP contribution is 2.18. The fourth-order valence-corrected chi connectivity index (χ4v) is 2.16. The van der Waals surface area contributed by atoms with Crippen LogP contribution in [0.1, 0.15) is 5.56 Å². The molecule has 0 bridgehead atoms. The minimum absolute atomic E-state index is 0.0534. The molecule has 0 N–H and O–H groups in total. The number of carbonyl (C=O) groups excluding carboxylic acids is 1. The van der Waals surface area contributed by atoms with Gasteiger partial charge < -0.3 is 14.5 Å². The van der Waals surface area contributed by atoms with Crippen LogP contribution < -0.4 is 4.74 Å². The molecule has 104 valence electrons. The summed E-state index contributed by atoms with van der Waals surface area (Å²) in [5.41, 5.74) is 0.683. The van der Waals surface area contributed by atoms with Crippen LogP contribution in [0.3, 0.4) is 0 Å². The second-order valence-electron chi connectivity index (χ2n) is 4.83. The van der Waals surface area contributed by atoms with Crippen molar-refractivity contribution in [3.63, 3.8) is 0 Å². The van der Waals surface area contributed by atoms with Crippen molar-refractivity contribution in [2.75, 3.05) is 40.3 Å². The first-order valence-electron chi connectivity index (χ1n) is 6.39. The second-order valence-corrected chi connectivity index (χ2v) is 4.83. The summed E-state index contributed by atoms with van der Waals surface area (Å²) in [5, 5.41) is 0. The Morgan fingerprint density at radius 2 is 2.00 bits per heavy atom. The summed E-state index contributed by atoms with van der Waals surface area (Å²) in [5.74, 6) is -0.167. The largest absolute Gasteiger partial charge is 0.494 e. The van der Waals surface area contributed by atoms with Crippen LogP contribution in [-0.2, 0) is 11.2 Å². The minimum atomic E-state index is -0.425. The summed E-state index contributed by atoms with van der Waals surface area (Å²) >= 11 is 0. The number of hydrogen-bond acceptors (Lipinski definition) is 3. The van der Waals surface area contributed by atoms with Crippen molar-refractivity contribution < 1.29 is 13.9 Å². The van der Waals surface area contributed by atoms with Gasteiger partial charge in [-0.05, 0) is 24.7 Å². The van der Waals surface area contributed by atoms with E-state index in [-0.39, 0.29) is 18.1 Å². The van der Waals surface area contributed by atoms with Gasteiger partial charge in [0.1, 0.15) is 0 Å². The fraction of sp³-hybridized carbons (Fsp3) is 0.500. The van der Waals surface area contributed by atoms with Crippen LogP contribution in [0, 0.1) is 5.82 Å². The highest BCUT2D eigenvalue weighted by Gasteiger charge is 2.19. The van der Waals surface area contributed by atoms with Crippen LogP contribution in [0.4, 0.5) is 4.39 Å². The Balaban J connectivity index is 1.97. The SMILES string of the molecule is COc1ccc(CC(=O)N2CCN(C)CC2)cc1F. The quantitative estimate of drug-likeness (QED) is 0.823. The summed E-state index contributed by atoms with van der Waals surface area (Å²) in [6.45, 7) is 3.27. The Morgan fingerprint density at radius 3 is 2.58 bits per heavy atom. The Labute approximate surface area is 112 Å². The summed E-state index contributed by atoms with van der Waals surface area (Å²) in [6, 6.07) is 4.66. The first kappa shape index (κ1) is 13.8. The van der Waals surface area contributed by atoms with E-state index in [4.69, 9.17) is 4.74 Å². The molecule has 0 spiro atoms. The molecular weight excluding hydrogens is 247 g/mol. The molecular formula is C14H19FN2O2. The number of halogens is 1. The van der Waals surface area contributed by atoms with Gasteiger partial charge in [0.05, 0.1) is 13.5 Å². The van der Waals surface area contributed by atoms with Crippen molar-refractivity contribution >= 4 is 5.91 Å². The molecule has 1 saturated heterocycles. The fourth-order valence-electron chi connectivity index (χ4n) is 2.16. The van der Waals surface area contributed by atoms with E-state index in [0.29, 0.717) is 5.56 Å². The molecule has 19 heavy (non-hydrogen) atoms. The van der Waals surface area contributed by atoms with Crippen molar-refractivity contribution in [3.8, 4) is 5.75 Å². The van der Waals surface area contributed by atoms with E-state index in [2.05, 4.69) is 4.90 Å². The molecule has 0 radical (unpaired) electrons. The van der Waals surface area contributed by atoms with Crippen LogP contribution in [-0.4, -0.2) is 56.0 Å². The molecule has 0 aromatic heterocycles. The minimum Gasteiger partial charge on any atom is -0.494 e. The summed E-state index contributed by atoms with van der Waals surface area (Å²) in [4.78, 5) is 16.1. The maximum atomic E-state index is 13.5. The monoisotopic (exact) mass is 266 g/mol. The van der Waals surface area contributed by atoms with E-state index in [0.717, 1.165) is 26.2 Å². The van der Waals surface area contributed by atoms with E-state index in [1.165, 1.54) is 13.2 Å². The number of benzene rings is 1. The van der Waals surface area contributed by atoms with Gasteiger partial charge in [-0.1, -0.05) is 6.07 Å². The first-order chi connectivity index (χ1) is 9.10. The third kappa shape index (κ3) is 3.44.